The van der Waals surface area contributed by atoms with Crippen molar-refractivity contribution >= 4 is 27.9 Å². The monoisotopic (exact) mass is 306 g/mol. The van der Waals surface area contributed by atoms with E-state index in [1.165, 1.54) is 41.9 Å². The molecular weight excluding hydrogens is 284 g/mol. The highest BCUT2D eigenvalue weighted by Gasteiger charge is 2.24. The second kappa shape index (κ2) is 6.81. The van der Waals surface area contributed by atoms with Gasteiger partial charge in [-0.1, -0.05) is 25.7 Å². The molecule has 3 N–H and O–H groups in total. The number of hydrogen-bond donors (Lipinski definition) is 2. The summed E-state index contributed by atoms with van der Waals surface area (Å²) in [5, 5.41) is 13.5. The molecule has 0 atom stereocenters. The lowest BCUT2D eigenvalue weighted by Gasteiger charge is -2.16. The highest BCUT2D eigenvalue weighted by Crippen LogP contribution is 2.37. The van der Waals surface area contributed by atoms with Crippen LogP contribution in [0.3, 0.4) is 0 Å². The number of nitrogens with one attached hydrogen (secondary N) is 1. The van der Waals surface area contributed by atoms with Crippen molar-refractivity contribution in [3.8, 4) is 6.07 Å². The van der Waals surface area contributed by atoms with Crippen LogP contribution in [0, 0.1) is 11.3 Å². The summed E-state index contributed by atoms with van der Waals surface area (Å²) in [7, 11) is 3.37. The maximum Gasteiger partial charge on any atom is 0.265 e. The molecule has 21 heavy (non-hydrogen) atoms. The van der Waals surface area contributed by atoms with Crippen LogP contribution in [0.1, 0.15) is 53.8 Å². The van der Waals surface area contributed by atoms with Gasteiger partial charge in [0.2, 0.25) is 0 Å². The van der Waals surface area contributed by atoms with Crippen molar-refractivity contribution in [3.05, 3.63) is 10.4 Å². The predicted molar refractivity (Wildman–Crippen MR) is 86.6 cm³/mol. The molecule has 114 valence electrons. The van der Waals surface area contributed by atoms with Crippen LogP contribution in [0.2, 0.25) is 0 Å². The summed E-state index contributed by atoms with van der Waals surface area (Å²) in [6.45, 7) is 0. The average Bonchev–Trinajstić information content (AvgIpc) is 2.64. The Morgan fingerprint density at radius 3 is 2.48 bits per heavy atom. The van der Waals surface area contributed by atoms with E-state index in [1.807, 2.05) is 0 Å². The molecule has 1 heterocycles. The van der Waals surface area contributed by atoms with E-state index in [0.29, 0.717) is 22.2 Å². The summed E-state index contributed by atoms with van der Waals surface area (Å²) in [5.74, 6) is -0.150. The van der Waals surface area contributed by atoms with Gasteiger partial charge >= 0.3 is 0 Å². The first-order chi connectivity index (χ1) is 10.0. The van der Waals surface area contributed by atoms with Gasteiger partial charge in [-0.05, 0) is 12.8 Å². The highest BCUT2D eigenvalue weighted by molar-refractivity contribution is 7.18. The smallest absolute Gasteiger partial charge is 0.265 e. The van der Waals surface area contributed by atoms with Crippen LogP contribution in [0.25, 0.3) is 0 Å². The van der Waals surface area contributed by atoms with Gasteiger partial charge in [-0.3, -0.25) is 4.79 Å². The number of nitrogens with two attached hydrogens (primary N) is 1. The molecule has 5 nitrogen and oxygen atoms in total. The first kappa shape index (κ1) is 15.6. The third-order valence-electron chi connectivity index (χ3n) is 3.85. The lowest BCUT2D eigenvalue weighted by atomic mass is 10.1. The van der Waals surface area contributed by atoms with Crippen molar-refractivity contribution < 1.29 is 4.79 Å². The van der Waals surface area contributed by atoms with E-state index in [1.54, 1.807) is 14.1 Å². The molecule has 1 fully saturated rings. The molecule has 0 saturated heterocycles. The zero-order valence-electron chi connectivity index (χ0n) is 12.6. The molecule has 0 aromatic carbocycles. The van der Waals surface area contributed by atoms with E-state index in [0.717, 1.165) is 17.8 Å². The standard InChI is InChI=1S/C15H22N4OS/c1-19(2)15(20)13-12(17)11(9-16)14(21-13)18-10-7-5-3-4-6-8-10/h10,18H,3-8,17H2,1-2H3. The van der Waals surface area contributed by atoms with Gasteiger partial charge in [0.1, 0.15) is 21.5 Å². The van der Waals surface area contributed by atoms with Crippen LogP contribution in [0.15, 0.2) is 0 Å². The molecule has 0 unspecified atom stereocenters. The third kappa shape index (κ3) is 3.48. The Morgan fingerprint density at radius 2 is 1.95 bits per heavy atom. The minimum absolute atomic E-state index is 0.150. The second-order valence-corrected chi connectivity index (χ2v) is 6.71. The van der Waals surface area contributed by atoms with Crippen molar-refractivity contribution in [1.82, 2.24) is 4.90 Å². The molecule has 0 bridgehead atoms. The zero-order chi connectivity index (χ0) is 15.4. The number of rotatable bonds is 3. The SMILES string of the molecule is CN(C)C(=O)c1sc(NC2CCCCCC2)c(C#N)c1N. The average molecular weight is 306 g/mol. The van der Waals surface area contributed by atoms with Gasteiger partial charge in [-0.15, -0.1) is 11.3 Å². The van der Waals surface area contributed by atoms with E-state index in [9.17, 15) is 10.1 Å². The van der Waals surface area contributed by atoms with Crippen molar-refractivity contribution in [2.24, 2.45) is 0 Å². The van der Waals surface area contributed by atoms with Crippen LogP contribution in [-0.2, 0) is 0 Å². The number of nitrogen functional groups attached to an aromatic ring is 1. The van der Waals surface area contributed by atoms with Crippen molar-refractivity contribution in [2.75, 3.05) is 25.1 Å². The predicted octanol–water partition coefficient (Wildman–Crippen LogP) is 3.04. The minimum Gasteiger partial charge on any atom is -0.396 e. The number of nitrogens with zero attached hydrogens (tertiary/aromatic N) is 2. The summed E-state index contributed by atoms with van der Waals surface area (Å²) in [6, 6.07) is 2.51. The van der Waals surface area contributed by atoms with E-state index in [2.05, 4.69) is 11.4 Å². The number of amides is 1. The van der Waals surface area contributed by atoms with Gasteiger partial charge in [-0.2, -0.15) is 5.26 Å². The summed E-state index contributed by atoms with van der Waals surface area (Å²) in [6.07, 6.45) is 7.20. The lowest BCUT2D eigenvalue weighted by molar-refractivity contribution is 0.0833. The first-order valence-electron chi connectivity index (χ1n) is 7.35. The maximum atomic E-state index is 12.1. The largest absolute Gasteiger partial charge is 0.396 e. The maximum absolute atomic E-state index is 12.1. The lowest BCUT2D eigenvalue weighted by Crippen LogP contribution is -2.21. The Bertz CT molecular complexity index is 551. The molecule has 1 amide bonds. The molecular formula is C15H22N4OS. The fourth-order valence-corrected chi connectivity index (χ4v) is 3.80. The zero-order valence-corrected chi connectivity index (χ0v) is 13.4. The Labute approximate surface area is 129 Å². The minimum atomic E-state index is -0.150. The summed E-state index contributed by atoms with van der Waals surface area (Å²) < 4.78 is 0. The summed E-state index contributed by atoms with van der Waals surface area (Å²) in [5.41, 5.74) is 6.70. The molecule has 1 aliphatic rings. The van der Waals surface area contributed by atoms with Crippen molar-refractivity contribution in [2.45, 2.75) is 44.6 Å². The summed E-state index contributed by atoms with van der Waals surface area (Å²) >= 11 is 1.30. The fraction of sp³-hybridized carbons (Fsp3) is 0.600. The molecule has 0 radical (unpaired) electrons. The molecule has 2 rings (SSSR count). The number of thiophene rings is 1. The summed E-state index contributed by atoms with van der Waals surface area (Å²) in [4.78, 5) is 14.0. The topological polar surface area (TPSA) is 82.2 Å². The molecule has 1 aromatic heterocycles. The highest BCUT2D eigenvalue weighted by atomic mass is 32.1. The Morgan fingerprint density at radius 1 is 1.33 bits per heavy atom. The van der Waals surface area contributed by atoms with Crippen LogP contribution < -0.4 is 11.1 Å². The Kier molecular flexibility index (Phi) is 5.07. The third-order valence-corrected chi connectivity index (χ3v) is 4.97. The van der Waals surface area contributed by atoms with Crippen LogP contribution in [0.4, 0.5) is 10.7 Å². The molecule has 1 saturated carbocycles. The van der Waals surface area contributed by atoms with Crippen molar-refractivity contribution in [1.29, 1.82) is 5.26 Å². The number of nitriles is 1. The molecule has 1 aromatic rings. The van der Waals surface area contributed by atoms with Gasteiger partial charge in [-0.25, -0.2) is 0 Å². The quantitative estimate of drug-likeness (QED) is 0.841. The van der Waals surface area contributed by atoms with E-state index in [4.69, 9.17) is 5.73 Å². The normalized spacial score (nSPS) is 16.0. The number of anilines is 2. The van der Waals surface area contributed by atoms with Gasteiger partial charge in [0.15, 0.2) is 0 Å². The number of carbonyl (C=O) groups excluding carboxylic acids is 1. The van der Waals surface area contributed by atoms with E-state index in [-0.39, 0.29) is 5.91 Å². The Hall–Kier alpha value is -1.74. The van der Waals surface area contributed by atoms with Gasteiger partial charge < -0.3 is 16.0 Å². The van der Waals surface area contributed by atoms with Gasteiger partial charge in [0, 0.05) is 20.1 Å². The van der Waals surface area contributed by atoms with Crippen LogP contribution >= 0.6 is 11.3 Å². The van der Waals surface area contributed by atoms with Gasteiger partial charge in [0.05, 0.1) is 5.69 Å². The second-order valence-electron chi connectivity index (χ2n) is 5.69. The number of carbonyl (C=O) groups is 1. The molecule has 1 aliphatic carbocycles. The fourth-order valence-electron chi connectivity index (χ4n) is 2.63. The molecule has 0 aliphatic heterocycles. The van der Waals surface area contributed by atoms with Gasteiger partial charge in [0.25, 0.3) is 5.91 Å². The van der Waals surface area contributed by atoms with Crippen molar-refractivity contribution in [3.63, 3.8) is 0 Å². The first-order valence-corrected chi connectivity index (χ1v) is 8.16. The van der Waals surface area contributed by atoms with E-state index >= 15 is 0 Å². The molecule has 0 spiro atoms. The number of hydrogen-bond acceptors (Lipinski definition) is 5. The molecule has 6 heteroatoms. The van der Waals surface area contributed by atoms with E-state index < -0.39 is 0 Å². The van der Waals surface area contributed by atoms with Crippen LogP contribution in [-0.4, -0.2) is 30.9 Å². The van der Waals surface area contributed by atoms with Crippen LogP contribution in [0.5, 0.6) is 0 Å². The Balaban J connectivity index is 2.24.